The number of esters is 1. The number of ether oxygens (including phenoxy) is 1. The third-order valence-corrected chi connectivity index (χ3v) is 3.71. The molecule has 1 heterocycles. The fourth-order valence-corrected chi connectivity index (χ4v) is 2.58. The molecule has 2 rings (SSSR count). The summed E-state index contributed by atoms with van der Waals surface area (Å²) in [4.78, 5) is 15.9. The minimum atomic E-state index is -0.417. The standard InChI is InChI=1S/C14H20N2O3/c1-19-13(18)11-6-5-9-15-12(11)16-14(10-17)7-3-2-4-8-14/h5-6,9,17H,2-4,7-8,10H2,1H3,(H,15,16). The van der Waals surface area contributed by atoms with E-state index in [0.29, 0.717) is 11.4 Å². The van der Waals surface area contributed by atoms with Crippen LogP contribution >= 0.6 is 0 Å². The molecule has 1 aliphatic rings. The van der Waals surface area contributed by atoms with Gasteiger partial charge in [0.2, 0.25) is 0 Å². The number of nitrogens with one attached hydrogen (secondary N) is 1. The number of carbonyl (C=O) groups is 1. The van der Waals surface area contributed by atoms with Crippen LogP contribution in [0.4, 0.5) is 5.82 Å². The van der Waals surface area contributed by atoms with Crippen LogP contribution in [-0.2, 0) is 4.74 Å². The minimum Gasteiger partial charge on any atom is -0.465 e. The summed E-state index contributed by atoms with van der Waals surface area (Å²) < 4.78 is 4.75. The zero-order valence-electron chi connectivity index (χ0n) is 11.2. The predicted octanol–water partition coefficient (Wildman–Crippen LogP) is 1.98. The van der Waals surface area contributed by atoms with Gasteiger partial charge in [0.15, 0.2) is 0 Å². The Bertz CT molecular complexity index is 442. The Labute approximate surface area is 113 Å². The summed E-state index contributed by atoms with van der Waals surface area (Å²) in [6.45, 7) is 0.0458. The van der Waals surface area contributed by atoms with Gasteiger partial charge in [-0.15, -0.1) is 0 Å². The number of methoxy groups -OCH3 is 1. The first-order valence-electron chi connectivity index (χ1n) is 6.63. The van der Waals surface area contributed by atoms with Gasteiger partial charge in [-0.05, 0) is 25.0 Å². The quantitative estimate of drug-likeness (QED) is 0.814. The molecule has 1 fully saturated rings. The lowest BCUT2D eigenvalue weighted by molar-refractivity contribution is 0.0601. The Hall–Kier alpha value is -1.62. The van der Waals surface area contributed by atoms with Crippen molar-refractivity contribution in [1.82, 2.24) is 4.98 Å². The van der Waals surface area contributed by atoms with Gasteiger partial charge < -0.3 is 15.2 Å². The normalized spacial score (nSPS) is 17.8. The van der Waals surface area contributed by atoms with E-state index in [-0.39, 0.29) is 12.1 Å². The van der Waals surface area contributed by atoms with E-state index in [1.54, 1.807) is 18.3 Å². The highest BCUT2D eigenvalue weighted by atomic mass is 16.5. The van der Waals surface area contributed by atoms with Crippen molar-refractivity contribution >= 4 is 11.8 Å². The highest BCUT2D eigenvalue weighted by Crippen LogP contribution is 2.31. The molecule has 1 aromatic heterocycles. The van der Waals surface area contributed by atoms with Crippen molar-refractivity contribution in [3.05, 3.63) is 23.9 Å². The zero-order chi connectivity index (χ0) is 13.7. The average Bonchev–Trinajstić information content (AvgIpc) is 2.48. The second-order valence-corrected chi connectivity index (χ2v) is 5.02. The monoisotopic (exact) mass is 264 g/mol. The Morgan fingerprint density at radius 1 is 1.47 bits per heavy atom. The molecule has 1 saturated carbocycles. The second kappa shape index (κ2) is 6.02. The zero-order valence-corrected chi connectivity index (χ0v) is 11.2. The van der Waals surface area contributed by atoms with E-state index in [9.17, 15) is 9.90 Å². The molecule has 0 saturated heterocycles. The number of pyridine rings is 1. The number of hydrogen-bond donors (Lipinski definition) is 2. The molecule has 0 amide bonds. The Morgan fingerprint density at radius 2 is 2.21 bits per heavy atom. The summed E-state index contributed by atoms with van der Waals surface area (Å²) in [5, 5.41) is 12.9. The summed E-state index contributed by atoms with van der Waals surface area (Å²) in [6.07, 6.45) is 6.75. The van der Waals surface area contributed by atoms with Gasteiger partial charge in [-0.25, -0.2) is 9.78 Å². The van der Waals surface area contributed by atoms with E-state index in [2.05, 4.69) is 10.3 Å². The highest BCUT2D eigenvalue weighted by molar-refractivity contribution is 5.94. The Balaban J connectivity index is 2.24. The highest BCUT2D eigenvalue weighted by Gasteiger charge is 2.32. The molecule has 19 heavy (non-hydrogen) atoms. The Kier molecular flexibility index (Phi) is 4.37. The number of anilines is 1. The van der Waals surface area contributed by atoms with Crippen molar-refractivity contribution < 1.29 is 14.6 Å². The van der Waals surface area contributed by atoms with Crippen LogP contribution < -0.4 is 5.32 Å². The van der Waals surface area contributed by atoms with Crippen molar-refractivity contribution in [2.45, 2.75) is 37.6 Å². The molecule has 0 aromatic carbocycles. The first-order chi connectivity index (χ1) is 9.21. The summed E-state index contributed by atoms with van der Waals surface area (Å²) in [5.41, 5.74) is 0.0402. The van der Waals surface area contributed by atoms with E-state index in [1.165, 1.54) is 13.5 Å². The molecule has 0 radical (unpaired) electrons. The van der Waals surface area contributed by atoms with Crippen LogP contribution in [0.5, 0.6) is 0 Å². The van der Waals surface area contributed by atoms with Crippen molar-refractivity contribution in [2.75, 3.05) is 19.0 Å². The van der Waals surface area contributed by atoms with Crippen molar-refractivity contribution in [3.8, 4) is 0 Å². The molecule has 0 aliphatic heterocycles. The van der Waals surface area contributed by atoms with Gasteiger partial charge in [-0.3, -0.25) is 0 Å². The molecule has 5 heteroatoms. The number of hydrogen-bond acceptors (Lipinski definition) is 5. The van der Waals surface area contributed by atoms with Crippen LogP contribution in [-0.4, -0.2) is 35.3 Å². The topological polar surface area (TPSA) is 71.5 Å². The molecule has 104 valence electrons. The third kappa shape index (κ3) is 3.04. The number of aliphatic hydroxyl groups is 1. The van der Waals surface area contributed by atoms with Gasteiger partial charge in [0, 0.05) is 6.20 Å². The summed E-state index contributed by atoms with van der Waals surface area (Å²) in [6, 6.07) is 3.37. The van der Waals surface area contributed by atoms with Gasteiger partial charge >= 0.3 is 5.97 Å². The van der Waals surface area contributed by atoms with Gasteiger partial charge in [0.1, 0.15) is 11.4 Å². The predicted molar refractivity (Wildman–Crippen MR) is 72.1 cm³/mol. The van der Waals surface area contributed by atoms with Crippen molar-refractivity contribution in [2.24, 2.45) is 0 Å². The van der Waals surface area contributed by atoms with Crippen LogP contribution in [0, 0.1) is 0 Å². The lowest BCUT2D eigenvalue weighted by Crippen LogP contribution is -2.44. The maximum Gasteiger partial charge on any atom is 0.341 e. The molecule has 1 aromatic rings. The molecule has 2 N–H and O–H groups in total. The van der Waals surface area contributed by atoms with Gasteiger partial charge in [-0.1, -0.05) is 19.3 Å². The largest absolute Gasteiger partial charge is 0.465 e. The van der Waals surface area contributed by atoms with E-state index >= 15 is 0 Å². The number of aromatic nitrogens is 1. The maximum atomic E-state index is 11.7. The smallest absolute Gasteiger partial charge is 0.341 e. The fourth-order valence-electron chi connectivity index (χ4n) is 2.58. The Morgan fingerprint density at radius 3 is 2.84 bits per heavy atom. The number of carbonyl (C=O) groups excluding carboxylic acids is 1. The first-order valence-corrected chi connectivity index (χ1v) is 6.63. The molecule has 1 aliphatic carbocycles. The van der Waals surface area contributed by atoms with Gasteiger partial charge in [0.25, 0.3) is 0 Å². The van der Waals surface area contributed by atoms with Gasteiger partial charge in [0.05, 0.1) is 19.3 Å². The molecular weight excluding hydrogens is 244 g/mol. The van der Waals surface area contributed by atoms with E-state index in [0.717, 1.165) is 25.7 Å². The number of nitrogens with zero attached hydrogens (tertiary/aromatic N) is 1. The summed E-state index contributed by atoms with van der Waals surface area (Å²) >= 11 is 0. The average molecular weight is 264 g/mol. The van der Waals surface area contributed by atoms with Crippen molar-refractivity contribution in [1.29, 1.82) is 0 Å². The lowest BCUT2D eigenvalue weighted by Gasteiger charge is -2.37. The van der Waals surface area contributed by atoms with Crippen LogP contribution in [0.1, 0.15) is 42.5 Å². The second-order valence-electron chi connectivity index (χ2n) is 5.02. The van der Waals surface area contributed by atoms with E-state index in [1.807, 2.05) is 0 Å². The summed E-state index contributed by atoms with van der Waals surface area (Å²) in [7, 11) is 1.35. The molecule has 0 unspecified atom stereocenters. The van der Waals surface area contributed by atoms with Crippen LogP contribution in [0.3, 0.4) is 0 Å². The van der Waals surface area contributed by atoms with Crippen molar-refractivity contribution in [3.63, 3.8) is 0 Å². The summed E-state index contributed by atoms with van der Waals surface area (Å²) in [5.74, 6) is 0.0739. The van der Waals surface area contributed by atoms with Crippen LogP contribution in [0.15, 0.2) is 18.3 Å². The first kappa shape index (κ1) is 13.8. The third-order valence-electron chi connectivity index (χ3n) is 3.71. The molecular formula is C14H20N2O3. The van der Waals surface area contributed by atoms with E-state index < -0.39 is 5.97 Å². The SMILES string of the molecule is COC(=O)c1cccnc1NC1(CO)CCCCC1. The molecule has 0 bridgehead atoms. The molecule has 0 atom stereocenters. The minimum absolute atomic E-state index is 0.0458. The number of rotatable bonds is 4. The maximum absolute atomic E-state index is 11.7. The van der Waals surface area contributed by atoms with Crippen LogP contribution in [0.2, 0.25) is 0 Å². The molecule has 0 spiro atoms. The molecule has 5 nitrogen and oxygen atoms in total. The van der Waals surface area contributed by atoms with Gasteiger partial charge in [-0.2, -0.15) is 0 Å². The van der Waals surface area contributed by atoms with Crippen LogP contribution in [0.25, 0.3) is 0 Å². The number of aliphatic hydroxyl groups excluding tert-OH is 1. The fraction of sp³-hybridized carbons (Fsp3) is 0.571. The lowest BCUT2D eigenvalue weighted by atomic mass is 9.82. The van der Waals surface area contributed by atoms with E-state index in [4.69, 9.17) is 4.74 Å².